The van der Waals surface area contributed by atoms with Crippen LogP contribution in [0, 0.1) is 0 Å². The standard InChI is InChI=1S/C10H17N3O4S/c14-8(5-17-9-4-12-18-13-9)3-11-6-10(15)1-2-16-7-10/h4,8,11,14-15H,1-3,5-7H2. The summed E-state index contributed by atoms with van der Waals surface area (Å²) in [4.78, 5) is 0. The Morgan fingerprint density at radius 1 is 1.67 bits per heavy atom. The molecule has 0 bridgehead atoms. The Labute approximate surface area is 109 Å². The first-order valence-corrected chi connectivity index (χ1v) is 6.50. The lowest BCUT2D eigenvalue weighted by atomic mass is 10.0. The van der Waals surface area contributed by atoms with Gasteiger partial charge in [0, 0.05) is 26.1 Å². The van der Waals surface area contributed by atoms with E-state index in [2.05, 4.69) is 14.1 Å². The number of hydrogen-bond acceptors (Lipinski definition) is 8. The molecule has 0 saturated carbocycles. The second-order valence-corrected chi connectivity index (χ2v) is 4.93. The fourth-order valence-electron chi connectivity index (χ4n) is 1.67. The largest absolute Gasteiger partial charge is 0.473 e. The van der Waals surface area contributed by atoms with E-state index < -0.39 is 11.7 Å². The zero-order chi connectivity index (χ0) is 12.8. The average molecular weight is 275 g/mol. The Balaban J connectivity index is 1.58. The van der Waals surface area contributed by atoms with Crippen molar-refractivity contribution in [2.24, 2.45) is 0 Å². The maximum atomic E-state index is 9.97. The lowest BCUT2D eigenvalue weighted by Crippen LogP contribution is -2.44. The third-order valence-corrected chi connectivity index (χ3v) is 3.14. The van der Waals surface area contributed by atoms with E-state index in [1.165, 1.54) is 6.20 Å². The summed E-state index contributed by atoms with van der Waals surface area (Å²) >= 11 is 1.06. The van der Waals surface area contributed by atoms with E-state index in [0.29, 0.717) is 38.6 Å². The zero-order valence-electron chi connectivity index (χ0n) is 9.91. The summed E-state index contributed by atoms with van der Waals surface area (Å²) in [5, 5.41) is 22.6. The summed E-state index contributed by atoms with van der Waals surface area (Å²) in [6.07, 6.45) is 1.47. The first-order chi connectivity index (χ1) is 8.68. The van der Waals surface area contributed by atoms with Gasteiger partial charge in [0.05, 0.1) is 18.3 Å². The third-order valence-electron chi connectivity index (χ3n) is 2.68. The molecule has 1 aromatic rings. The minimum Gasteiger partial charge on any atom is -0.473 e. The molecule has 0 radical (unpaired) electrons. The highest BCUT2D eigenvalue weighted by atomic mass is 32.1. The predicted molar refractivity (Wildman–Crippen MR) is 64.7 cm³/mol. The van der Waals surface area contributed by atoms with Crippen molar-refractivity contribution in [1.82, 2.24) is 14.1 Å². The molecule has 0 amide bonds. The average Bonchev–Trinajstić information content (AvgIpc) is 2.98. The van der Waals surface area contributed by atoms with Crippen molar-refractivity contribution in [3.63, 3.8) is 0 Å². The van der Waals surface area contributed by atoms with Gasteiger partial charge in [-0.3, -0.25) is 0 Å². The van der Waals surface area contributed by atoms with Crippen molar-refractivity contribution in [3.8, 4) is 5.88 Å². The van der Waals surface area contributed by atoms with E-state index in [4.69, 9.17) is 9.47 Å². The van der Waals surface area contributed by atoms with Gasteiger partial charge in [-0.25, -0.2) is 0 Å². The van der Waals surface area contributed by atoms with Crippen molar-refractivity contribution >= 4 is 11.7 Å². The topological polar surface area (TPSA) is 96.7 Å². The third kappa shape index (κ3) is 4.14. The molecule has 0 aromatic carbocycles. The van der Waals surface area contributed by atoms with E-state index in [9.17, 15) is 10.2 Å². The highest BCUT2D eigenvalue weighted by Gasteiger charge is 2.31. The van der Waals surface area contributed by atoms with E-state index in [0.717, 1.165) is 11.7 Å². The van der Waals surface area contributed by atoms with Gasteiger partial charge in [0.2, 0.25) is 5.88 Å². The maximum absolute atomic E-state index is 9.97. The number of nitrogens with one attached hydrogen (secondary N) is 1. The number of nitrogens with zero attached hydrogens (tertiary/aromatic N) is 2. The molecule has 2 rings (SSSR count). The summed E-state index contributed by atoms with van der Waals surface area (Å²) < 4.78 is 18.0. The normalized spacial score (nSPS) is 25.2. The molecule has 102 valence electrons. The van der Waals surface area contributed by atoms with Crippen LogP contribution in [0.3, 0.4) is 0 Å². The van der Waals surface area contributed by atoms with Crippen LogP contribution in [0.4, 0.5) is 0 Å². The SMILES string of the molecule is OC(CNCC1(O)CCOC1)COc1cnsn1. The smallest absolute Gasteiger partial charge is 0.245 e. The quantitative estimate of drug-likeness (QED) is 0.588. The van der Waals surface area contributed by atoms with Gasteiger partial charge < -0.3 is 25.0 Å². The Morgan fingerprint density at radius 2 is 2.56 bits per heavy atom. The van der Waals surface area contributed by atoms with Crippen LogP contribution in [0.25, 0.3) is 0 Å². The molecule has 1 aliphatic heterocycles. The first-order valence-electron chi connectivity index (χ1n) is 5.77. The van der Waals surface area contributed by atoms with Gasteiger partial charge in [0.15, 0.2) is 0 Å². The molecular weight excluding hydrogens is 258 g/mol. The van der Waals surface area contributed by atoms with Crippen molar-refractivity contribution in [1.29, 1.82) is 0 Å². The Hall–Kier alpha value is -0.800. The van der Waals surface area contributed by atoms with E-state index in [1.807, 2.05) is 0 Å². The first kappa shape index (κ1) is 13.6. The van der Waals surface area contributed by atoms with Gasteiger partial charge in [-0.05, 0) is 0 Å². The molecule has 2 unspecified atom stereocenters. The van der Waals surface area contributed by atoms with E-state index >= 15 is 0 Å². The van der Waals surface area contributed by atoms with Crippen LogP contribution in [-0.4, -0.2) is 63.6 Å². The molecule has 7 nitrogen and oxygen atoms in total. The molecule has 1 aromatic heterocycles. The molecule has 2 atom stereocenters. The molecule has 0 aliphatic carbocycles. The summed E-state index contributed by atoms with van der Waals surface area (Å²) in [7, 11) is 0. The van der Waals surface area contributed by atoms with Crippen molar-refractivity contribution in [2.75, 3.05) is 32.9 Å². The van der Waals surface area contributed by atoms with Crippen molar-refractivity contribution in [2.45, 2.75) is 18.1 Å². The number of rotatable bonds is 7. The summed E-state index contributed by atoms with van der Waals surface area (Å²) in [6.45, 7) is 1.83. The van der Waals surface area contributed by atoms with Gasteiger partial charge in [-0.1, -0.05) is 0 Å². The van der Waals surface area contributed by atoms with Crippen molar-refractivity contribution < 1.29 is 19.7 Å². The van der Waals surface area contributed by atoms with Crippen LogP contribution in [0.5, 0.6) is 5.88 Å². The number of aromatic nitrogens is 2. The molecule has 3 N–H and O–H groups in total. The molecule has 1 aliphatic rings. The molecule has 0 spiro atoms. The maximum Gasteiger partial charge on any atom is 0.245 e. The van der Waals surface area contributed by atoms with Gasteiger partial charge in [0.1, 0.15) is 24.5 Å². The van der Waals surface area contributed by atoms with Crippen LogP contribution in [0.15, 0.2) is 6.20 Å². The summed E-state index contributed by atoms with van der Waals surface area (Å²) in [6, 6.07) is 0. The highest BCUT2D eigenvalue weighted by Crippen LogP contribution is 2.16. The molecule has 1 saturated heterocycles. The van der Waals surface area contributed by atoms with Crippen LogP contribution in [0.2, 0.25) is 0 Å². The summed E-state index contributed by atoms with van der Waals surface area (Å²) in [5.41, 5.74) is -0.806. The monoisotopic (exact) mass is 275 g/mol. The highest BCUT2D eigenvalue weighted by molar-refractivity contribution is 6.99. The Morgan fingerprint density at radius 3 is 3.22 bits per heavy atom. The van der Waals surface area contributed by atoms with Crippen LogP contribution in [0.1, 0.15) is 6.42 Å². The second kappa shape index (κ2) is 6.39. The number of ether oxygens (including phenoxy) is 2. The molecular formula is C10H17N3O4S. The van der Waals surface area contributed by atoms with E-state index in [1.54, 1.807) is 0 Å². The fourth-order valence-corrected chi connectivity index (χ4v) is 2.03. The minimum absolute atomic E-state index is 0.146. The van der Waals surface area contributed by atoms with E-state index in [-0.39, 0.29) is 6.61 Å². The van der Waals surface area contributed by atoms with Gasteiger partial charge in [0.25, 0.3) is 0 Å². The fraction of sp³-hybridized carbons (Fsp3) is 0.800. The molecule has 2 heterocycles. The van der Waals surface area contributed by atoms with Gasteiger partial charge >= 0.3 is 0 Å². The molecule has 18 heavy (non-hydrogen) atoms. The lowest BCUT2D eigenvalue weighted by Gasteiger charge is -2.21. The zero-order valence-corrected chi connectivity index (χ0v) is 10.7. The van der Waals surface area contributed by atoms with Crippen LogP contribution in [-0.2, 0) is 4.74 Å². The number of aliphatic hydroxyl groups excluding tert-OH is 1. The minimum atomic E-state index is -0.806. The number of hydrogen-bond donors (Lipinski definition) is 3. The van der Waals surface area contributed by atoms with Gasteiger partial charge in [-0.15, -0.1) is 4.37 Å². The number of aliphatic hydroxyl groups is 2. The van der Waals surface area contributed by atoms with Gasteiger partial charge in [-0.2, -0.15) is 4.37 Å². The second-order valence-electron chi connectivity index (χ2n) is 4.37. The lowest BCUT2D eigenvalue weighted by molar-refractivity contribution is 0.0225. The Bertz CT molecular complexity index is 343. The molecule has 1 fully saturated rings. The van der Waals surface area contributed by atoms with Crippen LogP contribution < -0.4 is 10.1 Å². The van der Waals surface area contributed by atoms with Crippen LogP contribution >= 0.6 is 11.7 Å². The predicted octanol–water partition coefficient (Wildman–Crippen LogP) is -0.981. The van der Waals surface area contributed by atoms with Crippen molar-refractivity contribution in [3.05, 3.63) is 6.20 Å². The molecule has 8 heteroatoms. The Kier molecular flexibility index (Phi) is 4.84. The summed E-state index contributed by atoms with van der Waals surface area (Å²) in [5.74, 6) is 0.418.